The maximum atomic E-state index is 12.8. The van der Waals surface area contributed by atoms with Gasteiger partial charge in [0.2, 0.25) is 0 Å². The molecule has 1 aromatic heterocycles. The van der Waals surface area contributed by atoms with Crippen LogP contribution < -0.4 is 41.4 Å². The summed E-state index contributed by atoms with van der Waals surface area (Å²) >= 11 is 45.6. The van der Waals surface area contributed by atoms with Crippen LogP contribution in [0.4, 0.5) is 0 Å². The zero-order valence-electron chi connectivity index (χ0n) is 38.8. The van der Waals surface area contributed by atoms with E-state index in [4.69, 9.17) is 79.1 Å². The summed E-state index contributed by atoms with van der Waals surface area (Å²) in [5.74, 6) is -1.04. The maximum absolute atomic E-state index is 12.8. The Morgan fingerprint density at radius 3 is 1.80 bits per heavy atom. The van der Waals surface area contributed by atoms with E-state index in [0.717, 1.165) is 82.6 Å². The first-order valence-electron chi connectivity index (χ1n) is 21.7. The Morgan fingerprint density at radius 1 is 0.775 bits per heavy atom. The van der Waals surface area contributed by atoms with E-state index in [1.807, 2.05) is 12.1 Å². The topological polar surface area (TPSA) is 177 Å². The van der Waals surface area contributed by atoms with Crippen LogP contribution in [0.2, 0.25) is 30.1 Å². The van der Waals surface area contributed by atoms with Crippen molar-refractivity contribution in [1.82, 2.24) is 10.2 Å². The van der Waals surface area contributed by atoms with Crippen molar-refractivity contribution in [2.45, 2.75) is 79.9 Å². The van der Waals surface area contributed by atoms with Crippen LogP contribution in [0.5, 0.6) is 0 Å². The van der Waals surface area contributed by atoms with Gasteiger partial charge >= 0.3 is 62.4 Å². The number of rotatable bonds is 7. The van der Waals surface area contributed by atoms with E-state index in [9.17, 15) is 29.4 Å². The zero-order valence-corrected chi connectivity index (χ0v) is 54.9. The summed E-state index contributed by atoms with van der Waals surface area (Å²) in [6, 6.07) is 12.1. The average Bonchev–Trinajstić information content (AvgIpc) is 3.78. The number of amides is 1. The Balaban J connectivity index is 0.000000333. The third-order valence-corrected chi connectivity index (χ3v) is 14.0. The number of nitrogens with one attached hydrogen (secondary N) is 1. The first-order chi connectivity index (χ1) is 33.2. The minimum absolute atomic E-state index is 0. The fraction of sp³-hybridized carbons (Fsp3) is 0.375. The number of carboxylic acids is 3. The standard InChI is InChI=1S/C19H13Cl2NO4.2C10H9Cl2NO2.C9H20.ClH.I3.I2/c20-14-7-12-9-22(5-3-13(12)17(21)16(14)19(24)25)18(23)11-2-1-10-4-6-26-15(10)8-11;2*11-7-3-5-4-13-2-1-6(5)9(12)8(7)10(14)15;1-6-9(7(2)3)8(4)5;;1-3-2;1-2/h1-2,4,6-8H,3,5,9H2,(H,24,25);2*3,13H,1-2,4H2,(H,14,15);7-9H,6H2,1-5H3;1H;;/q;;;;;-1;/p-1. The smallest absolute Gasteiger partial charge is 0.338 e. The molecule has 3 aliphatic rings. The number of hydrogen-bond acceptors (Lipinski definition) is 7. The molecule has 1 amide bonds. The molecule has 0 radical (unpaired) electrons. The molecule has 8 rings (SSSR count). The average molecular weight is 1680 g/mol. The van der Waals surface area contributed by atoms with Crippen LogP contribution in [-0.4, -0.2) is 58.6 Å². The van der Waals surface area contributed by atoms with Crippen molar-refractivity contribution in [1.29, 1.82) is 0 Å². The van der Waals surface area contributed by atoms with Gasteiger partial charge in [-0.05, 0) is 101 Å². The van der Waals surface area contributed by atoms with Crippen molar-refractivity contribution in [3.63, 3.8) is 0 Å². The molecule has 11 nitrogen and oxygen atoms in total. The van der Waals surface area contributed by atoms with Gasteiger partial charge in [0, 0.05) is 85.4 Å². The van der Waals surface area contributed by atoms with Crippen LogP contribution in [0, 0.1) is 17.8 Å². The van der Waals surface area contributed by atoms with Crippen molar-refractivity contribution >= 4 is 179 Å². The number of carboxylic acid groups (broad SMARTS) is 3. The molecule has 5 N–H and O–H groups in total. The van der Waals surface area contributed by atoms with E-state index in [1.54, 1.807) is 41.5 Å². The number of fused-ring (bicyclic) bond motifs is 4. The molecule has 392 valence electrons. The molecular weight excluding hydrogens is 1630 g/mol. The number of aromatic carboxylic acids is 3. The van der Waals surface area contributed by atoms with Gasteiger partial charge in [0.05, 0.1) is 60.0 Å². The van der Waals surface area contributed by atoms with Crippen LogP contribution in [0.15, 0.2) is 53.1 Å². The third kappa shape index (κ3) is 18.5. The van der Waals surface area contributed by atoms with Crippen LogP contribution in [0.25, 0.3) is 11.0 Å². The first-order valence-corrected chi connectivity index (χ1v) is 42.8. The Hall–Kier alpha value is -0.1000. The van der Waals surface area contributed by atoms with E-state index in [1.165, 1.54) is 6.42 Å². The third-order valence-electron chi connectivity index (χ3n) is 11.9. The molecule has 23 heteroatoms. The predicted molar refractivity (Wildman–Crippen MR) is 311 cm³/mol. The summed E-state index contributed by atoms with van der Waals surface area (Å²) in [5, 5.41) is 36.4. The van der Waals surface area contributed by atoms with Crippen LogP contribution in [0.3, 0.4) is 0 Å². The second-order valence-electron chi connectivity index (χ2n) is 16.7. The molecule has 0 atom stereocenters. The summed E-state index contributed by atoms with van der Waals surface area (Å²) in [6.07, 6.45) is 4.90. The maximum Gasteiger partial charge on any atom is 0.338 e. The van der Waals surface area contributed by atoms with Crippen LogP contribution >= 0.6 is 144 Å². The van der Waals surface area contributed by atoms with E-state index in [0.29, 0.717) is 61.9 Å². The Labute approximate surface area is 504 Å². The summed E-state index contributed by atoms with van der Waals surface area (Å²) < 4.78 is 5.36. The van der Waals surface area contributed by atoms with E-state index in [2.05, 4.69) is 120 Å². The van der Waals surface area contributed by atoms with Gasteiger partial charge < -0.3 is 52.5 Å². The number of furan rings is 1. The molecule has 0 saturated carbocycles. The molecule has 0 aliphatic carbocycles. The summed E-state index contributed by atoms with van der Waals surface area (Å²) in [6.45, 7) is 15.5. The van der Waals surface area contributed by atoms with Crippen molar-refractivity contribution < 1.29 is 69.9 Å². The van der Waals surface area contributed by atoms with E-state index < -0.39 is 17.9 Å². The van der Waals surface area contributed by atoms with Crippen LogP contribution in [0.1, 0.15) is 116 Å². The fourth-order valence-corrected chi connectivity index (χ4v) is 10.9. The largest absolute Gasteiger partial charge is 1.00 e. The van der Waals surface area contributed by atoms with Crippen molar-refractivity contribution in [3.8, 4) is 0 Å². The number of nitrogens with two attached hydrogens (primary N) is 1. The molecule has 0 spiro atoms. The number of halogens is 12. The molecular formula is C48H51Cl7I5N3O8-2. The number of hydrogen-bond donors (Lipinski definition) is 4. The monoisotopic (exact) mass is 1680 g/mol. The number of carbonyl (C=O) groups is 4. The van der Waals surface area contributed by atoms with Gasteiger partial charge in [0.15, 0.2) is 0 Å². The second-order valence-corrected chi connectivity index (χ2v) is 35.3. The normalized spacial score (nSPS) is 13.2. The van der Waals surface area contributed by atoms with Gasteiger partial charge in [-0.15, -0.1) is 0 Å². The molecule has 0 saturated heterocycles. The number of carbonyl (C=O) groups excluding carboxylic acids is 2. The molecule has 4 aromatic carbocycles. The number of nitrogens with zero attached hydrogens (tertiary/aromatic N) is 1. The van der Waals surface area contributed by atoms with E-state index >= 15 is 0 Å². The summed E-state index contributed by atoms with van der Waals surface area (Å²) in [4.78, 5) is 47.7. The Bertz CT molecular complexity index is 2550. The van der Waals surface area contributed by atoms with Gasteiger partial charge in [-0.3, -0.25) is 4.79 Å². The minimum Gasteiger partial charge on any atom is -1.00 e. The van der Waals surface area contributed by atoms with Gasteiger partial charge in [0.25, 0.3) is 5.91 Å². The van der Waals surface area contributed by atoms with E-state index in [-0.39, 0.29) is 60.1 Å². The molecule has 5 aromatic rings. The molecule has 0 fully saturated rings. The quantitative estimate of drug-likeness (QED) is 0.118. The van der Waals surface area contributed by atoms with Crippen LogP contribution in [-0.2, 0) is 38.9 Å². The van der Waals surface area contributed by atoms with Gasteiger partial charge in [-0.25, -0.2) is 9.59 Å². The van der Waals surface area contributed by atoms with Crippen molar-refractivity contribution in [2.75, 3.05) is 19.6 Å². The molecule has 0 bridgehead atoms. The number of benzene rings is 4. The van der Waals surface area contributed by atoms with Gasteiger partial charge in [-0.1, -0.05) is 117 Å². The SMILES string of the molecule is CCC(C(C)C)C(C)C.II.I[I-]I.O=C(O)c1c(Cl)cc2c(c1Cl)CCN(C(=O)c1ccc3ccoc3c1)C2.O=C(O)c1c(Cl)cc2c(c1Cl)CC[NH2+]C2.O=C([O-])c1c(Cl)cc2c(c1Cl)CCNC2.[Cl-]. The van der Waals surface area contributed by atoms with Crippen molar-refractivity contribution in [2.24, 2.45) is 17.8 Å². The summed E-state index contributed by atoms with van der Waals surface area (Å²) in [5.41, 5.74) is 6.33. The van der Waals surface area contributed by atoms with Crippen molar-refractivity contribution in [3.05, 3.63) is 134 Å². The fourth-order valence-electron chi connectivity index (χ4n) is 8.63. The molecule has 4 heterocycles. The Kier molecular flexibility index (Phi) is 31.4. The number of quaternary nitrogens is 1. The van der Waals surface area contributed by atoms with Gasteiger partial charge in [-0.2, -0.15) is 0 Å². The second kappa shape index (κ2) is 33.2. The molecule has 71 heavy (non-hydrogen) atoms. The minimum atomic E-state index is -1.33. The molecule has 0 unspecified atom stereocenters. The zero-order chi connectivity index (χ0) is 52.6. The first kappa shape index (κ1) is 67.0. The van der Waals surface area contributed by atoms with Gasteiger partial charge in [0.1, 0.15) is 12.1 Å². The summed E-state index contributed by atoms with van der Waals surface area (Å²) in [7, 11) is 0. The predicted octanol–water partition coefficient (Wildman–Crippen LogP) is 7.83. The molecule has 3 aliphatic heterocycles. The Morgan fingerprint density at radius 2 is 1.28 bits per heavy atom.